The molecule has 10 heteroatoms. The molecule has 43 heavy (non-hydrogen) atoms. The molecule has 3 aromatic carbocycles. The molecule has 222 valence electrons. The van der Waals surface area contributed by atoms with Crippen LogP contribution in [0.1, 0.15) is 32.3 Å². The Kier molecular flexibility index (Phi) is 7.45. The SMILES string of the molecule is CC(C)(C(=O)N1CC(Cc2ccccc2)OC1=O)C1CCCN(c2nn(-c3ccc(F)cc3F)c(=O)c3ccccc23)C1. The van der Waals surface area contributed by atoms with Gasteiger partial charge in [0.25, 0.3) is 5.56 Å². The molecule has 2 saturated heterocycles. The summed E-state index contributed by atoms with van der Waals surface area (Å²) in [6.45, 7) is 4.92. The van der Waals surface area contributed by atoms with Crippen molar-refractivity contribution in [1.29, 1.82) is 0 Å². The van der Waals surface area contributed by atoms with E-state index in [0.29, 0.717) is 36.1 Å². The van der Waals surface area contributed by atoms with Crippen LogP contribution in [0.25, 0.3) is 16.5 Å². The van der Waals surface area contributed by atoms with Crippen molar-refractivity contribution in [2.75, 3.05) is 24.5 Å². The lowest BCUT2D eigenvalue weighted by atomic mass is 9.73. The van der Waals surface area contributed by atoms with Crippen molar-refractivity contribution >= 4 is 28.6 Å². The molecule has 2 fully saturated rings. The minimum absolute atomic E-state index is 0.153. The molecule has 0 spiro atoms. The molecule has 2 aliphatic rings. The Morgan fingerprint density at radius 3 is 2.44 bits per heavy atom. The van der Waals surface area contributed by atoms with Gasteiger partial charge in [0.15, 0.2) is 11.6 Å². The van der Waals surface area contributed by atoms with Gasteiger partial charge in [-0.15, -0.1) is 5.10 Å². The van der Waals surface area contributed by atoms with Gasteiger partial charge in [-0.3, -0.25) is 9.59 Å². The summed E-state index contributed by atoms with van der Waals surface area (Å²) in [5.41, 5.74) is -0.558. The fourth-order valence-electron chi connectivity index (χ4n) is 6.17. The quantitative estimate of drug-likeness (QED) is 0.297. The molecule has 1 aromatic heterocycles. The number of ether oxygens (including phenoxy) is 1. The molecule has 8 nitrogen and oxygen atoms in total. The predicted molar refractivity (Wildman–Crippen MR) is 158 cm³/mol. The third-order valence-corrected chi connectivity index (χ3v) is 8.64. The number of hydrogen-bond acceptors (Lipinski definition) is 6. The van der Waals surface area contributed by atoms with Crippen LogP contribution < -0.4 is 10.5 Å². The summed E-state index contributed by atoms with van der Waals surface area (Å²) in [6.07, 6.45) is 0.962. The van der Waals surface area contributed by atoms with Crippen LogP contribution in [0.15, 0.2) is 77.6 Å². The topological polar surface area (TPSA) is 84.7 Å². The second kappa shape index (κ2) is 11.2. The van der Waals surface area contributed by atoms with Crippen molar-refractivity contribution in [2.24, 2.45) is 11.3 Å². The number of hydrogen-bond donors (Lipinski definition) is 0. The summed E-state index contributed by atoms with van der Waals surface area (Å²) in [5.74, 6) is -1.64. The van der Waals surface area contributed by atoms with Crippen LogP contribution in [0.3, 0.4) is 0 Å². The van der Waals surface area contributed by atoms with E-state index in [2.05, 4.69) is 5.10 Å². The molecule has 6 rings (SSSR count). The van der Waals surface area contributed by atoms with Gasteiger partial charge in [0, 0.05) is 36.4 Å². The third-order valence-electron chi connectivity index (χ3n) is 8.64. The normalized spacial score (nSPS) is 19.1. The van der Waals surface area contributed by atoms with Crippen molar-refractivity contribution in [3.05, 3.63) is 100 Å². The molecule has 4 aromatic rings. The van der Waals surface area contributed by atoms with Crippen LogP contribution in [-0.2, 0) is 16.0 Å². The summed E-state index contributed by atoms with van der Waals surface area (Å²) >= 11 is 0. The molecular formula is C33H32F2N4O4. The molecule has 3 heterocycles. The highest BCUT2D eigenvalue weighted by Gasteiger charge is 2.47. The summed E-state index contributed by atoms with van der Waals surface area (Å²) in [4.78, 5) is 43.2. The van der Waals surface area contributed by atoms with Crippen LogP contribution in [-0.4, -0.2) is 52.4 Å². The van der Waals surface area contributed by atoms with E-state index < -0.39 is 34.8 Å². The fraction of sp³-hybridized carbons (Fsp3) is 0.333. The number of halogens is 2. The van der Waals surface area contributed by atoms with Crippen LogP contribution in [0.2, 0.25) is 0 Å². The first-order valence-electron chi connectivity index (χ1n) is 14.4. The van der Waals surface area contributed by atoms with E-state index in [-0.39, 0.29) is 24.1 Å². The molecule has 2 aliphatic heterocycles. The second-order valence-corrected chi connectivity index (χ2v) is 11.8. The smallest absolute Gasteiger partial charge is 0.417 e. The molecule has 2 amide bonds. The molecular weight excluding hydrogens is 554 g/mol. The summed E-state index contributed by atoms with van der Waals surface area (Å²) in [5, 5.41) is 5.53. The van der Waals surface area contributed by atoms with Crippen molar-refractivity contribution in [1.82, 2.24) is 14.7 Å². The number of anilines is 1. The van der Waals surface area contributed by atoms with E-state index in [0.717, 1.165) is 35.2 Å². The van der Waals surface area contributed by atoms with Gasteiger partial charge in [-0.05, 0) is 42.5 Å². The zero-order valence-corrected chi connectivity index (χ0v) is 24.0. The van der Waals surface area contributed by atoms with Gasteiger partial charge in [-0.1, -0.05) is 62.4 Å². The highest BCUT2D eigenvalue weighted by Crippen LogP contribution is 2.39. The molecule has 0 N–H and O–H groups in total. The average molecular weight is 587 g/mol. The number of nitrogens with zero attached hydrogens (tertiary/aromatic N) is 4. The first kappa shape index (κ1) is 28.5. The number of imide groups is 1. The first-order valence-corrected chi connectivity index (χ1v) is 14.4. The minimum atomic E-state index is -0.910. The van der Waals surface area contributed by atoms with Gasteiger partial charge in [0.2, 0.25) is 5.91 Å². The van der Waals surface area contributed by atoms with E-state index >= 15 is 0 Å². The number of fused-ring (bicyclic) bond motifs is 1. The Morgan fingerprint density at radius 2 is 1.70 bits per heavy atom. The monoisotopic (exact) mass is 586 g/mol. The molecule has 2 atom stereocenters. The Bertz CT molecular complexity index is 1760. The largest absolute Gasteiger partial charge is 0.444 e. The van der Waals surface area contributed by atoms with E-state index in [1.807, 2.05) is 49.1 Å². The molecule has 0 saturated carbocycles. The molecule has 0 aliphatic carbocycles. The lowest BCUT2D eigenvalue weighted by Crippen LogP contribution is -2.50. The van der Waals surface area contributed by atoms with Crippen LogP contribution in [0.5, 0.6) is 0 Å². The van der Waals surface area contributed by atoms with E-state index in [4.69, 9.17) is 4.74 Å². The van der Waals surface area contributed by atoms with Crippen LogP contribution in [0.4, 0.5) is 19.4 Å². The maximum Gasteiger partial charge on any atom is 0.417 e. The van der Waals surface area contributed by atoms with E-state index in [1.165, 1.54) is 11.0 Å². The zero-order chi connectivity index (χ0) is 30.3. The van der Waals surface area contributed by atoms with Crippen molar-refractivity contribution < 1.29 is 23.1 Å². The van der Waals surface area contributed by atoms with E-state index in [1.54, 1.807) is 24.3 Å². The summed E-state index contributed by atoms with van der Waals surface area (Å²) < 4.78 is 35.0. The van der Waals surface area contributed by atoms with Gasteiger partial charge < -0.3 is 9.64 Å². The standard InChI is InChI=1S/C33H32F2N4O4/c1-33(2,31(41)38-20-24(43-32(38)42)17-21-9-4-3-5-10-21)22-11-8-16-37(19-22)29-25-12-6-7-13-26(25)30(40)39(36-29)28-15-14-23(34)18-27(28)35/h3-7,9-10,12-15,18,22,24H,8,11,16-17,19-20H2,1-2H3. The number of carbonyl (C=O) groups is 2. The van der Waals surface area contributed by atoms with Gasteiger partial charge in [0.1, 0.15) is 17.6 Å². The highest BCUT2D eigenvalue weighted by molar-refractivity contribution is 5.96. The first-order chi connectivity index (χ1) is 20.6. The molecule has 0 bridgehead atoms. The van der Waals surface area contributed by atoms with Gasteiger partial charge in [-0.2, -0.15) is 4.68 Å². The Morgan fingerprint density at radius 1 is 0.977 bits per heavy atom. The number of benzene rings is 3. The number of carbonyl (C=O) groups excluding carboxylic acids is 2. The number of aromatic nitrogens is 2. The minimum Gasteiger partial charge on any atom is -0.444 e. The van der Waals surface area contributed by atoms with Crippen LogP contribution in [0, 0.1) is 23.0 Å². The summed E-state index contributed by atoms with van der Waals surface area (Å²) in [7, 11) is 0. The predicted octanol–water partition coefficient (Wildman–Crippen LogP) is 5.50. The fourth-order valence-corrected chi connectivity index (χ4v) is 6.17. The number of piperidine rings is 1. The average Bonchev–Trinajstić information content (AvgIpc) is 3.37. The van der Waals surface area contributed by atoms with Crippen molar-refractivity contribution in [3.8, 4) is 5.69 Å². The number of amides is 2. The van der Waals surface area contributed by atoms with Crippen LogP contribution >= 0.6 is 0 Å². The Hall–Kier alpha value is -4.60. The number of rotatable bonds is 6. The lowest BCUT2D eigenvalue weighted by Gasteiger charge is -2.42. The Labute approximate surface area is 247 Å². The highest BCUT2D eigenvalue weighted by atomic mass is 19.1. The maximum absolute atomic E-state index is 14.8. The van der Waals surface area contributed by atoms with Crippen molar-refractivity contribution in [3.63, 3.8) is 0 Å². The van der Waals surface area contributed by atoms with Gasteiger partial charge in [-0.25, -0.2) is 18.5 Å². The van der Waals surface area contributed by atoms with E-state index in [9.17, 15) is 23.2 Å². The zero-order valence-electron chi connectivity index (χ0n) is 24.0. The van der Waals surface area contributed by atoms with Gasteiger partial charge >= 0.3 is 6.09 Å². The number of cyclic esters (lactones) is 1. The maximum atomic E-state index is 14.8. The third kappa shape index (κ3) is 5.37. The summed E-state index contributed by atoms with van der Waals surface area (Å²) in [6, 6.07) is 19.7. The Balaban J connectivity index is 1.27. The second-order valence-electron chi connectivity index (χ2n) is 11.8. The van der Waals surface area contributed by atoms with Gasteiger partial charge in [0.05, 0.1) is 11.9 Å². The lowest BCUT2D eigenvalue weighted by molar-refractivity contribution is -0.139. The van der Waals surface area contributed by atoms with Crippen molar-refractivity contribution in [2.45, 2.75) is 39.2 Å². The molecule has 2 unspecified atom stereocenters. The molecule has 0 radical (unpaired) electrons.